The first kappa shape index (κ1) is 21.6. The second kappa shape index (κ2) is 8.73. The van der Waals surface area contributed by atoms with Gasteiger partial charge in [-0.2, -0.15) is 13.2 Å². The molecule has 1 aliphatic heterocycles. The van der Waals surface area contributed by atoms with Crippen molar-refractivity contribution in [3.05, 3.63) is 48.2 Å². The predicted molar refractivity (Wildman–Crippen MR) is 109 cm³/mol. The lowest BCUT2D eigenvalue weighted by molar-refractivity contribution is -0.132. The van der Waals surface area contributed by atoms with E-state index in [-0.39, 0.29) is 23.9 Å². The molecule has 0 saturated heterocycles. The van der Waals surface area contributed by atoms with Crippen LogP contribution in [0.1, 0.15) is 36.5 Å². The number of alkyl halides is 3. The second-order valence-electron chi connectivity index (χ2n) is 7.18. The number of pyridine rings is 1. The first-order valence-corrected chi connectivity index (χ1v) is 9.68. The number of nitrogens with zero attached hydrogens (tertiary/aromatic N) is 3. The zero-order chi connectivity index (χ0) is 21.9. The van der Waals surface area contributed by atoms with Crippen LogP contribution in [0, 0.1) is 0 Å². The van der Waals surface area contributed by atoms with Crippen LogP contribution in [-0.4, -0.2) is 42.6 Å². The van der Waals surface area contributed by atoms with Gasteiger partial charge in [-0.05, 0) is 30.7 Å². The van der Waals surface area contributed by atoms with Crippen LogP contribution in [0.5, 0.6) is 0 Å². The molecule has 2 aromatic rings. The number of aromatic nitrogens is 1. The van der Waals surface area contributed by atoms with Gasteiger partial charge in [0, 0.05) is 19.8 Å². The third-order valence-electron chi connectivity index (χ3n) is 4.93. The van der Waals surface area contributed by atoms with E-state index >= 15 is 0 Å². The van der Waals surface area contributed by atoms with Crippen LogP contribution in [0.4, 0.5) is 30.4 Å². The fraction of sp³-hybridized carbons (Fsp3) is 0.381. The molecular weight excluding hydrogens is 397 g/mol. The van der Waals surface area contributed by atoms with E-state index in [9.17, 15) is 22.8 Å². The molecule has 160 valence electrons. The zero-order valence-corrected chi connectivity index (χ0v) is 16.7. The van der Waals surface area contributed by atoms with Crippen molar-refractivity contribution < 1.29 is 22.8 Å². The van der Waals surface area contributed by atoms with E-state index in [2.05, 4.69) is 10.3 Å². The molecule has 0 fully saturated rings. The van der Waals surface area contributed by atoms with Gasteiger partial charge in [0.15, 0.2) is 0 Å². The third-order valence-corrected chi connectivity index (χ3v) is 4.93. The Kier molecular flexibility index (Phi) is 6.28. The molecule has 2 amide bonds. The number of nitrogens with one attached hydrogen (secondary N) is 1. The van der Waals surface area contributed by atoms with Crippen molar-refractivity contribution in [2.24, 2.45) is 0 Å². The molecule has 1 atom stereocenters. The average molecular weight is 420 g/mol. The van der Waals surface area contributed by atoms with Crippen LogP contribution in [0.2, 0.25) is 0 Å². The maximum atomic E-state index is 13.3. The number of benzene rings is 1. The number of anilines is 3. The minimum Gasteiger partial charge on any atom is -0.359 e. The van der Waals surface area contributed by atoms with Gasteiger partial charge in [0.1, 0.15) is 11.9 Å². The number of para-hydroxylation sites is 2. The molecule has 1 unspecified atom stereocenters. The van der Waals surface area contributed by atoms with Crippen molar-refractivity contribution in [2.45, 2.75) is 38.4 Å². The molecule has 0 saturated carbocycles. The summed E-state index contributed by atoms with van der Waals surface area (Å²) in [5, 5.41) is 2.83. The summed E-state index contributed by atoms with van der Waals surface area (Å²) < 4.78 is 37.3. The topological polar surface area (TPSA) is 65.5 Å². The van der Waals surface area contributed by atoms with Crippen LogP contribution in [0.25, 0.3) is 0 Å². The van der Waals surface area contributed by atoms with Gasteiger partial charge in [0.05, 0.1) is 23.4 Å². The highest BCUT2D eigenvalue weighted by Crippen LogP contribution is 2.34. The molecule has 3 rings (SSSR count). The highest BCUT2D eigenvalue weighted by Gasteiger charge is 2.36. The maximum Gasteiger partial charge on any atom is 0.390 e. The number of hydrogen-bond acceptors (Lipinski definition) is 4. The molecule has 2 heterocycles. The number of carbonyl (C=O) groups is 2. The fourth-order valence-electron chi connectivity index (χ4n) is 3.36. The van der Waals surface area contributed by atoms with E-state index in [4.69, 9.17) is 0 Å². The van der Waals surface area contributed by atoms with Gasteiger partial charge < -0.3 is 10.2 Å². The van der Waals surface area contributed by atoms with Crippen molar-refractivity contribution in [2.75, 3.05) is 28.7 Å². The van der Waals surface area contributed by atoms with Gasteiger partial charge in [-0.1, -0.05) is 25.5 Å². The minimum atomic E-state index is -4.25. The van der Waals surface area contributed by atoms with Gasteiger partial charge >= 0.3 is 6.18 Å². The van der Waals surface area contributed by atoms with Crippen molar-refractivity contribution in [1.29, 1.82) is 0 Å². The lowest BCUT2D eigenvalue weighted by atomic mass is 10.0. The SMILES string of the molecule is CCCC1C(=O)Nc2ccccc2N1C(=O)c1ccc(N(C)CCC(F)(F)F)nc1. The van der Waals surface area contributed by atoms with E-state index < -0.39 is 18.6 Å². The molecule has 6 nitrogen and oxygen atoms in total. The molecule has 9 heteroatoms. The minimum absolute atomic E-state index is 0.234. The smallest absolute Gasteiger partial charge is 0.359 e. The number of halogens is 3. The first-order valence-electron chi connectivity index (χ1n) is 9.68. The van der Waals surface area contributed by atoms with Crippen LogP contribution >= 0.6 is 0 Å². The van der Waals surface area contributed by atoms with Crippen LogP contribution < -0.4 is 15.1 Å². The fourth-order valence-corrected chi connectivity index (χ4v) is 3.36. The summed E-state index contributed by atoms with van der Waals surface area (Å²) in [6.45, 7) is 1.70. The molecule has 0 radical (unpaired) electrons. The van der Waals surface area contributed by atoms with Crippen molar-refractivity contribution >= 4 is 29.0 Å². The Bertz CT molecular complexity index is 915. The van der Waals surface area contributed by atoms with E-state index in [1.807, 2.05) is 6.92 Å². The van der Waals surface area contributed by atoms with E-state index in [1.54, 1.807) is 24.3 Å². The van der Waals surface area contributed by atoms with Gasteiger partial charge in [0.2, 0.25) is 5.91 Å². The monoisotopic (exact) mass is 420 g/mol. The standard InChI is InChI=1S/C21H23F3N4O2/c1-3-6-17-19(29)26-15-7-4-5-8-16(15)28(17)20(30)14-9-10-18(25-13-14)27(2)12-11-21(22,23)24/h4-5,7-10,13,17H,3,6,11-12H2,1-2H3,(H,26,29). The largest absolute Gasteiger partial charge is 0.390 e. The molecule has 1 aromatic carbocycles. The zero-order valence-electron chi connectivity index (χ0n) is 16.7. The second-order valence-corrected chi connectivity index (χ2v) is 7.18. The summed E-state index contributed by atoms with van der Waals surface area (Å²) in [5.74, 6) is -0.300. The molecule has 1 N–H and O–H groups in total. The van der Waals surface area contributed by atoms with Crippen LogP contribution in [0.3, 0.4) is 0 Å². The highest BCUT2D eigenvalue weighted by molar-refractivity contribution is 6.16. The molecule has 1 aliphatic rings. The molecule has 0 spiro atoms. The number of rotatable bonds is 6. The number of carbonyl (C=O) groups excluding carboxylic acids is 2. The lowest BCUT2D eigenvalue weighted by Gasteiger charge is -2.36. The summed E-state index contributed by atoms with van der Waals surface area (Å²) in [7, 11) is 1.51. The molecule has 30 heavy (non-hydrogen) atoms. The number of amides is 2. The van der Waals surface area contributed by atoms with Gasteiger partial charge in [0.25, 0.3) is 5.91 Å². The van der Waals surface area contributed by atoms with Crippen LogP contribution in [-0.2, 0) is 4.79 Å². The Labute approximate surface area is 172 Å². The van der Waals surface area contributed by atoms with E-state index in [0.29, 0.717) is 30.0 Å². The van der Waals surface area contributed by atoms with Crippen molar-refractivity contribution in [3.63, 3.8) is 0 Å². The predicted octanol–water partition coefficient (Wildman–Crippen LogP) is 4.24. The Balaban J connectivity index is 1.85. The number of fused-ring (bicyclic) bond motifs is 1. The Morgan fingerprint density at radius 2 is 1.97 bits per heavy atom. The normalized spacial score (nSPS) is 16.1. The Morgan fingerprint density at radius 1 is 1.23 bits per heavy atom. The molecule has 0 bridgehead atoms. The first-order chi connectivity index (χ1) is 14.2. The maximum absolute atomic E-state index is 13.3. The summed E-state index contributed by atoms with van der Waals surface area (Å²) >= 11 is 0. The summed E-state index contributed by atoms with van der Waals surface area (Å²) in [6, 6.07) is 9.44. The van der Waals surface area contributed by atoms with E-state index in [1.165, 1.54) is 35.2 Å². The van der Waals surface area contributed by atoms with Gasteiger partial charge in [-0.15, -0.1) is 0 Å². The summed E-state index contributed by atoms with van der Waals surface area (Å²) in [4.78, 5) is 32.9. The molecule has 1 aromatic heterocycles. The van der Waals surface area contributed by atoms with Crippen molar-refractivity contribution in [3.8, 4) is 0 Å². The van der Waals surface area contributed by atoms with Crippen LogP contribution in [0.15, 0.2) is 42.6 Å². The quantitative estimate of drug-likeness (QED) is 0.759. The van der Waals surface area contributed by atoms with E-state index in [0.717, 1.165) is 0 Å². The summed E-state index contributed by atoms with van der Waals surface area (Å²) in [6.07, 6.45) is -2.66. The molecular formula is C21H23F3N4O2. The third kappa shape index (κ3) is 4.72. The Morgan fingerprint density at radius 3 is 2.60 bits per heavy atom. The Hall–Kier alpha value is -3.10. The summed E-state index contributed by atoms with van der Waals surface area (Å²) in [5.41, 5.74) is 1.42. The average Bonchev–Trinajstić information content (AvgIpc) is 2.72. The van der Waals surface area contributed by atoms with Gasteiger partial charge in [-0.25, -0.2) is 4.98 Å². The number of hydrogen-bond donors (Lipinski definition) is 1. The highest BCUT2D eigenvalue weighted by atomic mass is 19.4. The molecule has 0 aliphatic carbocycles. The van der Waals surface area contributed by atoms with Crippen molar-refractivity contribution in [1.82, 2.24) is 4.98 Å². The van der Waals surface area contributed by atoms with Gasteiger partial charge in [-0.3, -0.25) is 14.5 Å². The lowest BCUT2D eigenvalue weighted by Crippen LogP contribution is -2.51.